The van der Waals surface area contributed by atoms with Crippen LogP contribution in [0.15, 0.2) is 17.3 Å². The first kappa shape index (κ1) is 17.8. The second-order valence-electron chi connectivity index (χ2n) is 8.20. The van der Waals surface area contributed by atoms with Crippen LogP contribution in [0, 0.1) is 19.3 Å². The topological polar surface area (TPSA) is 28.6 Å². The van der Waals surface area contributed by atoms with Crippen LogP contribution in [0.25, 0.3) is 0 Å². The molecule has 3 fully saturated rings. The number of piperidine rings is 1. The summed E-state index contributed by atoms with van der Waals surface area (Å²) in [5.41, 5.74) is 3.16. The van der Waals surface area contributed by atoms with Crippen LogP contribution in [0.2, 0.25) is 0 Å². The highest BCUT2D eigenvalue weighted by molar-refractivity contribution is 7.97. The number of aromatic nitrogens is 1. The number of morpholine rings is 1. The molecule has 3 aliphatic rings. The van der Waals surface area contributed by atoms with Crippen LogP contribution in [0.1, 0.15) is 43.2 Å². The molecule has 5 heteroatoms. The molecule has 0 amide bonds. The molecule has 2 aliphatic heterocycles. The van der Waals surface area contributed by atoms with Gasteiger partial charge in [0.2, 0.25) is 0 Å². The van der Waals surface area contributed by atoms with Crippen molar-refractivity contribution in [2.75, 3.05) is 39.4 Å². The highest BCUT2D eigenvalue weighted by Gasteiger charge is 2.43. The zero-order chi connectivity index (χ0) is 17.3. The molecule has 1 unspecified atom stereocenters. The SMILES string of the molecule is Cc1cnc(SN2CCC3(CCC(N4CCOCC4)C3)CC2)c(C)c1. The van der Waals surface area contributed by atoms with Crippen molar-refractivity contribution in [3.05, 3.63) is 23.4 Å². The van der Waals surface area contributed by atoms with E-state index in [4.69, 9.17) is 4.74 Å². The molecular weight excluding hydrogens is 330 g/mol. The summed E-state index contributed by atoms with van der Waals surface area (Å²) < 4.78 is 8.07. The van der Waals surface area contributed by atoms with Crippen molar-refractivity contribution in [2.24, 2.45) is 5.41 Å². The van der Waals surface area contributed by atoms with Crippen LogP contribution < -0.4 is 0 Å². The summed E-state index contributed by atoms with van der Waals surface area (Å²) in [6.45, 7) is 10.8. The molecule has 0 radical (unpaired) electrons. The molecule has 0 aromatic carbocycles. The third kappa shape index (κ3) is 4.05. The van der Waals surface area contributed by atoms with Crippen LogP contribution in [0.4, 0.5) is 0 Å². The summed E-state index contributed by atoms with van der Waals surface area (Å²) in [7, 11) is 0. The number of hydrogen-bond donors (Lipinski definition) is 0. The van der Waals surface area contributed by atoms with Gasteiger partial charge in [-0.05, 0) is 74.4 Å². The van der Waals surface area contributed by atoms with Crippen molar-refractivity contribution in [3.8, 4) is 0 Å². The normalized spacial score (nSPS) is 27.8. The monoisotopic (exact) mass is 361 g/mol. The van der Waals surface area contributed by atoms with Crippen molar-refractivity contribution >= 4 is 11.9 Å². The molecule has 4 rings (SSSR count). The fourth-order valence-electron chi connectivity index (χ4n) is 4.86. The number of hydrogen-bond acceptors (Lipinski definition) is 5. The van der Waals surface area contributed by atoms with E-state index in [0.717, 1.165) is 32.3 Å². The molecule has 4 nitrogen and oxygen atoms in total. The molecule has 3 heterocycles. The summed E-state index contributed by atoms with van der Waals surface area (Å²) in [4.78, 5) is 7.33. The van der Waals surface area contributed by atoms with Gasteiger partial charge in [-0.1, -0.05) is 6.07 Å². The van der Waals surface area contributed by atoms with E-state index < -0.39 is 0 Å². The Morgan fingerprint density at radius 3 is 2.60 bits per heavy atom. The minimum absolute atomic E-state index is 0.607. The van der Waals surface area contributed by atoms with E-state index in [-0.39, 0.29) is 0 Å². The molecule has 25 heavy (non-hydrogen) atoms. The number of aryl methyl sites for hydroxylation is 2. The standard InChI is InChI=1S/C20H31N3OS/c1-16-13-17(2)19(21-15-16)25-23-7-5-20(6-8-23)4-3-18(14-20)22-9-11-24-12-10-22/h13,15,18H,3-12,14H2,1-2H3. The lowest BCUT2D eigenvalue weighted by Gasteiger charge is -2.40. The summed E-state index contributed by atoms with van der Waals surface area (Å²) in [5, 5.41) is 1.18. The Morgan fingerprint density at radius 2 is 1.88 bits per heavy atom. The van der Waals surface area contributed by atoms with Crippen LogP contribution in [-0.4, -0.2) is 59.6 Å². The van der Waals surface area contributed by atoms with E-state index in [0.29, 0.717) is 5.41 Å². The molecule has 2 saturated heterocycles. The van der Waals surface area contributed by atoms with Gasteiger partial charge in [0.25, 0.3) is 0 Å². The maximum atomic E-state index is 5.53. The van der Waals surface area contributed by atoms with Crippen LogP contribution in [0.5, 0.6) is 0 Å². The van der Waals surface area contributed by atoms with Gasteiger partial charge in [-0.2, -0.15) is 0 Å². The molecule has 0 N–H and O–H groups in total. The van der Waals surface area contributed by atoms with E-state index in [9.17, 15) is 0 Å². The second-order valence-corrected chi connectivity index (χ2v) is 9.29. The molecule has 1 aromatic rings. The first-order valence-electron chi connectivity index (χ1n) is 9.82. The molecule has 1 saturated carbocycles. The molecule has 1 aromatic heterocycles. The number of ether oxygens (including phenoxy) is 1. The Balaban J connectivity index is 1.31. The van der Waals surface area contributed by atoms with Gasteiger partial charge in [-0.3, -0.25) is 4.90 Å². The number of nitrogens with zero attached hydrogens (tertiary/aromatic N) is 3. The van der Waals surface area contributed by atoms with E-state index in [1.807, 2.05) is 18.1 Å². The highest BCUT2D eigenvalue weighted by atomic mass is 32.2. The number of pyridine rings is 1. The highest BCUT2D eigenvalue weighted by Crippen LogP contribution is 2.49. The first-order chi connectivity index (χ1) is 12.1. The smallest absolute Gasteiger partial charge is 0.114 e. The third-order valence-electron chi connectivity index (χ3n) is 6.40. The van der Waals surface area contributed by atoms with Gasteiger partial charge >= 0.3 is 0 Å². The number of rotatable bonds is 3. The predicted molar refractivity (Wildman–Crippen MR) is 103 cm³/mol. The summed E-state index contributed by atoms with van der Waals surface area (Å²) in [6.07, 6.45) is 8.93. The van der Waals surface area contributed by atoms with Crippen LogP contribution in [0.3, 0.4) is 0 Å². The van der Waals surface area contributed by atoms with Gasteiger partial charge in [0, 0.05) is 38.4 Å². The van der Waals surface area contributed by atoms with E-state index in [1.165, 1.54) is 61.3 Å². The molecular formula is C20H31N3OS. The quantitative estimate of drug-likeness (QED) is 0.766. The lowest BCUT2D eigenvalue weighted by Crippen LogP contribution is -2.43. The zero-order valence-corrected chi connectivity index (χ0v) is 16.5. The molecule has 1 atom stereocenters. The minimum atomic E-state index is 0.607. The van der Waals surface area contributed by atoms with Crippen molar-refractivity contribution < 1.29 is 4.74 Å². The van der Waals surface area contributed by atoms with Crippen molar-refractivity contribution in [2.45, 2.75) is 57.0 Å². The second kappa shape index (κ2) is 7.55. The van der Waals surface area contributed by atoms with Crippen molar-refractivity contribution in [1.29, 1.82) is 0 Å². The molecule has 138 valence electrons. The van der Waals surface area contributed by atoms with E-state index >= 15 is 0 Å². The van der Waals surface area contributed by atoms with E-state index in [2.05, 4.69) is 34.1 Å². The summed E-state index contributed by atoms with van der Waals surface area (Å²) in [5.74, 6) is 0. The predicted octanol–water partition coefficient (Wildman–Crippen LogP) is 3.67. The molecule has 1 aliphatic carbocycles. The average Bonchev–Trinajstić information content (AvgIpc) is 3.04. The van der Waals surface area contributed by atoms with Crippen LogP contribution in [-0.2, 0) is 4.74 Å². The molecule has 0 bridgehead atoms. The Labute approximate surface area is 156 Å². The molecule has 1 spiro atoms. The van der Waals surface area contributed by atoms with Gasteiger partial charge in [0.1, 0.15) is 5.03 Å². The lowest BCUT2D eigenvalue weighted by atomic mass is 9.77. The van der Waals surface area contributed by atoms with E-state index in [1.54, 1.807) is 0 Å². The summed E-state index contributed by atoms with van der Waals surface area (Å²) in [6, 6.07) is 3.05. The van der Waals surface area contributed by atoms with Gasteiger partial charge in [0.15, 0.2) is 0 Å². The Bertz CT molecular complexity index is 595. The van der Waals surface area contributed by atoms with Crippen molar-refractivity contribution in [1.82, 2.24) is 14.2 Å². The Hall–Kier alpha value is -0.620. The minimum Gasteiger partial charge on any atom is -0.379 e. The lowest BCUT2D eigenvalue weighted by molar-refractivity contribution is 0.0138. The fraction of sp³-hybridized carbons (Fsp3) is 0.750. The largest absolute Gasteiger partial charge is 0.379 e. The Kier molecular flexibility index (Phi) is 5.37. The van der Waals surface area contributed by atoms with Crippen LogP contribution >= 0.6 is 11.9 Å². The fourth-order valence-corrected chi connectivity index (χ4v) is 5.77. The summed E-state index contributed by atoms with van der Waals surface area (Å²) >= 11 is 1.87. The van der Waals surface area contributed by atoms with Crippen molar-refractivity contribution in [3.63, 3.8) is 0 Å². The zero-order valence-electron chi connectivity index (χ0n) is 15.7. The van der Waals surface area contributed by atoms with Gasteiger partial charge in [-0.15, -0.1) is 0 Å². The van der Waals surface area contributed by atoms with Gasteiger partial charge < -0.3 is 4.74 Å². The average molecular weight is 362 g/mol. The maximum absolute atomic E-state index is 5.53. The van der Waals surface area contributed by atoms with Gasteiger partial charge in [-0.25, -0.2) is 9.29 Å². The maximum Gasteiger partial charge on any atom is 0.114 e. The third-order valence-corrected chi connectivity index (χ3v) is 7.63. The first-order valence-corrected chi connectivity index (χ1v) is 10.6. The van der Waals surface area contributed by atoms with Gasteiger partial charge in [0.05, 0.1) is 13.2 Å². The Morgan fingerprint density at radius 1 is 1.12 bits per heavy atom.